The second-order valence-corrected chi connectivity index (χ2v) is 4.77. The predicted octanol–water partition coefficient (Wildman–Crippen LogP) is 3.14. The van der Waals surface area contributed by atoms with Crippen LogP contribution in [0.25, 0.3) is 10.9 Å². The highest BCUT2D eigenvalue weighted by molar-refractivity contribution is 5.81. The van der Waals surface area contributed by atoms with Crippen molar-refractivity contribution in [2.75, 3.05) is 7.11 Å². The first-order valence-electron chi connectivity index (χ1n) is 6.51. The molecule has 0 aliphatic rings. The monoisotopic (exact) mass is 301 g/mol. The van der Waals surface area contributed by atoms with Gasteiger partial charge in [0.25, 0.3) is 5.69 Å². The maximum absolute atomic E-state index is 13.7. The van der Waals surface area contributed by atoms with E-state index in [4.69, 9.17) is 4.74 Å². The van der Waals surface area contributed by atoms with Crippen LogP contribution < -0.4 is 4.74 Å². The Morgan fingerprint density at radius 3 is 2.82 bits per heavy atom. The van der Waals surface area contributed by atoms with Crippen molar-refractivity contribution in [3.63, 3.8) is 0 Å². The Hall–Kier alpha value is -2.96. The first kappa shape index (κ1) is 14.0. The molecule has 3 rings (SSSR count). The molecule has 0 aliphatic carbocycles. The summed E-state index contributed by atoms with van der Waals surface area (Å²) < 4.78 is 20.2. The molecule has 0 spiro atoms. The molecule has 2 aromatic carbocycles. The van der Waals surface area contributed by atoms with E-state index in [1.807, 2.05) is 0 Å². The molecule has 0 N–H and O–H groups in total. The molecule has 0 radical (unpaired) electrons. The minimum atomic E-state index is -0.456. The zero-order valence-electron chi connectivity index (χ0n) is 11.7. The molecule has 7 heteroatoms. The molecule has 0 bridgehead atoms. The summed E-state index contributed by atoms with van der Waals surface area (Å²) >= 11 is 0. The van der Waals surface area contributed by atoms with E-state index >= 15 is 0 Å². The van der Waals surface area contributed by atoms with Crippen molar-refractivity contribution in [2.24, 2.45) is 0 Å². The third-order valence-corrected chi connectivity index (χ3v) is 3.39. The number of aromatic nitrogens is 2. The SMILES string of the molecule is COc1ccc(Cn2ncc3ccc([N+](=O)[O-])cc32)cc1F. The van der Waals surface area contributed by atoms with E-state index in [0.717, 1.165) is 5.39 Å². The lowest BCUT2D eigenvalue weighted by Gasteiger charge is -2.06. The highest BCUT2D eigenvalue weighted by atomic mass is 19.1. The van der Waals surface area contributed by atoms with Gasteiger partial charge in [0.05, 0.1) is 30.3 Å². The molecular weight excluding hydrogens is 289 g/mol. The maximum atomic E-state index is 13.7. The standard InChI is InChI=1S/C15H12FN3O3/c1-22-15-5-2-10(6-13(15)16)9-18-14-7-12(19(20)21)4-3-11(14)8-17-18/h2-8H,9H2,1H3. The van der Waals surface area contributed by atoms with Gasteiger partial charge in [0, 0.05) is 17.5 Å². The molecule has 1 heterocycles. The van der Waals surface area contributed by atoms with Crippen molar-refractivity contribution in [3.05, 3.63) is 64.1 Å². The van der Waals surface area contributed by atoms with Crippen molar-refractivity contribution >= 4 is 16.6 Å². The third kappa shape index (κ3) is 2.48. The van der Waals surface area contributed by atoms with E-state index in [9.17, 15) is 14.5 Å². The Bertz CT molecular complexity index is 860. The number of hydrogen-bond donors (Lipinski definition) is 0. The van der Waals surface area contributed by atoms with E-state index in [0.29, 0.717) is 17.6 Å². The number of hydrogen-bond acceptors (Lipinski definition) is 4. The number of nitro groups is 1. The van der Waals surface area contributed by atoms with Crippen LogP contribution in [0.15, 0.2) is 42.6 Å². The maximum Gasteiger partial charge on any atom is 0.271 e. The second kappa shape index (κ2) is 5.44. The van der Waals surface area contributed by atoms with Crippen LogP contribution in [-0.4, -0.2) is 21.8 Å². The summed E-state index contributed by atoms with van der Waals surface area (Å²) in [5, 5.41) is 15.9. The molecule has 6 nitrogen and oxygen atoms in total. The summed E-state index contributed by atoms with van der Waals surface area (Å²) in [6.07, 6.45) is 1.62. The summed E-state index contributed by atoms with van der Waals surface area (Å²) in [5.74, 6) is -0.285. The van der Waals surface area contributed by atoms with Gasteiger partial charge in [-0.15, -0.1) is 0 Å². The fraction of sp³-hybridized carbons (Fsp3) is 0.133. The van der Waals surface area contributed by atoms with Gasteiger partial charge in [0.1, 0.15) is 0 Å². The van der Waals surface area contributed by atoms with Crippen LogP contribution in [0, 0.1) is 15.9 Å². The Morgan fingerprint density at radius 2 is 2.14 bits per heavy atom. The van der Waals surface area contributed by atoms with Crippen molar-refractivity contribution in [1.82, 2.24) is 9.78 Å². The largest absolute Gasteiger partial charge is 0.494 e. The fourth-order valence-corrected chi connectivity index (χ4v) is 2.28. The van der Waals surface area contributed by atoms with E-state index in [1.165, 1.54) is 25.3 Å². The number of fused-ring (bicyclic) bond motifs is 1. The lowest BCUT2D eigenvalue weighted by Crippen LogP contribution is -2.02. The molecule has 1 aromatic heterocycles. The zero-order valence-corrected chi connectivity index (χ0v) is 11.7. The predicted molar refractivity (Wildman–Crippen MR) is 78.4 cm³/mol. The molecule has 22 heavy (non-hydrogen) atoms. The normalized spacial score (nSPS) is 10.8. The van der Waals surface area contributed by atoms with E-state index in [2.05, 4.69) is 5.10 Å². The van der Waals surface area contributed by atoms with Gasteiger partial charge in [-0.3, -0.25) is 14.8 Å². The number of nitrogens with zero attached hydrogens (tertiary/aromatic N) is 3. The lowest BCUT2D eigenvalue weighted by molar-refractivity contribution is -0.384. The van der Waals surface area contributed by atoms with Crippen LogP contribution in [0.1, 0.15) is 5.56 Å². The molecular formula is C15H12FN3O3. The number of ether oxygens (including phenoxy) is 1. The molecule has 0 saturated heterocycles. The van der Waals surface area contributed by atoms with E-state index < -0.39 is 10.7 Å². The topological polar surface area (TPSA) is 70.2 Å². The molecule has 0 fully saturated rings. The molecule has 0 atom stereocenters. The summed E-state index contributed by atoms with van der Waals surface area (Å²) in [7, 11) is 1.40. The molecule has 0 aliphatic heterocycles. The van der Waals surface area contributed by atoms with Gasteiger partial charge in [0.2, 0.25) is 0 Å². The van der Waals surface area contributed by atoms with E-state index in [1.54, 1.807) is 29.1 Å². The van der Waals surface area contributed by atoms with Gasteiger partial charge < -0.3 is 4.74 Å². The Morgan fingerprint density at radius 1 is 1.32 bits per heavy atom. The molecule has 0 amide bonds. The van der Waals surface area contributed by atoms with Gasteiger partial charge in [-0.2, -0.15) is 5.10 Å². The summed E-state index contributed by atoms with van der Waals surface area (Å²) in [6, 6.07) is 9.17. The zero-order chi connectivity index (χ0) is 15.7. The van der Waals surface area contributed by atoms with Gasteiger partial charge >= 0.3 is 0 Å². The Kier molecular flexibility index (Phi) is 3.46. The molecule has 3 aromatic rings. The minimum absolute atomic E-state index is 0.00448. The van der Waals surface area contributed by atoms with Crippen molar-refractivity contribution in [2.45, 2.75) is 6.54 Å². The summed E-state index contributed by atoms with van der Waals surface area (Å²) in [5.41, 5.74) is 1.32. The van der Waals surface area contributed by atoms with Crippen LogP contribution in [0.5, 0.6) is 5.75 Å². The highest BCUT2D eigenvalue weighted by Crippen LogP contribution is 2.23. The molecule has 112 valence electrons. The third-order valence-electron chi connectivity index (χ3n) is 3.39. The van der Waals surface area contributed by atoms with Gasteiger partial charge in [-0.1, -0.05) is 6.07 Å². The molecule has 0 unspecified atom stereocenters. The summed E-state index contributed by atoms with van der Waals surface area (Å²) in [6.45, 7) is 0.311. The smallest absolute Gasteiger partial charge is 0.271 e. The van der Waals surface area contributed by atoms with Gasteiger partial charge in [-0.05, 0) is 23.8 Å². The van der Waals surface area contributed by atoms with Crippen LogP contribution >= 0.6 is 0 Å². The van der Waals surface area contributed by atoms with Crippen LogP contribution in [0.4, 0.5) is 10.1 Å². The first-order chi connectivity index (χ1) is 10.6. The van der Waals surface area contributed by atoms with Gasteiger partial charge in [0.15, 0.2) is 11.6 Å². The van der Waals surface area contributed by atoms with Crippen LogP contribution in [-0.2, 0) is 6.54 Å². The van der Waals surface area contributed by atoms with Crippen molar-refractivity contribution in [3.8, 4) is 5.75 Å². The first-order valence-corrected chi connectivity index (χ1v) is 6.51. The van der Waals surface area contributed by atoms with Crippen molar-refractivity contribution < 1.29 is 14.1 Å². The van der Waals surface area contributed by atoms with Gasteiger partial charge in [-0.25, -0.2) is 4.39 Å². The summed E-state index contributed by atoms with van der Waals surface area (Å²) in [4.78, 5) is 10.4. The number of non-ortho nitro benzene ring substituents is 1. The highest BCUT2D eigenvalue weighted by Gasteiger charge is 2.11. The number of benzene rings is 2. The number of rotatable bonds is 4. The second-order valence-electron chi connectivity index (χ2n) is 4.77. The fourth-order valence-electron chi connectivity index (χ4n) is 2.28. The van der Waals surface area contributed by atoms with E-state index in [-0.39, 0.29) is 11.4 Å². The van der Waals surface area contributed by atoms with Crippen LogP contribution in [0.3, 0.4) is 0 Å². The lowest BCUT2D eigenvalue weighted by atomic mass is 10.2. The number of halogens is 1. The Balaban J connectivity index is 1.98. The quantitative estimate of drug-likeness (QED) is 0.548. The van der Waals surface area contributed by atoms with Crippen LogP contribution in [0.2, 0.25) is 0 Å². The van der Waals surface area contributed by atoms with Crippen molar-refractivity contribution in [1.29, 1.82) is 0 Å². The molecule has 0 saturated carbocycles. The number of nitro benzene ring substituents is 1. The minimum Gasteiger partial charge on any atom is -0.494 e. The average Bonchev–Trinajstić information content (AvgIpc) is 2.90. The average molecular weight is 301 g/mol. The Labute approximate surface area is 124 Å². The number of methoxy groups -OCH3 is 1.